The zero-order chi connectivity index (χ0) is 19.6. The van der Waals surface area contributed by atoms with E-state index in [1.165, 1.54) is 0 Å². The van der Waals surface area contributed by atoms with Crippen molar-refractivity contribution in [3.63, 3.8) is 0 Å². The number of hydrogen-bond acceptors (Lipinski definition) is 6. The van der Waals surface area contributed by atoms with Crippen LogP contribution >= 0.6 is 0 Å². The monoisotopic (exact) mass is 376 g/mol. The Balaban J connectivity index is 1.49. The van der Waals surface area contributed by atoms with E-state index in [9.17, 15) is 9.59 Å². The molecule has 0 aliphatic rings. The predicted octanol–water partition coefficient (Wildman–Crippen LogP) is 2.68. The van der Waals surface area contributed by atoms with E-state index in [1.807, 2.05) is 24.3 Å². The zero-order valence-corrected chi connectivity index (χ0v) is 15.2. The first kappa shape index (κ1) is 19.0. The summed E-state index contributed by atoms with van der Waals surface area (Å²) in [5.41, 5.74) is 2.62. The highest BCUT2D eigenvalue weighted by atomic mass is 16.5. The fraction of sp³-hybridized carbons (Fsp3) is 0.143. The summed E-state index contributed by atoms with van der Waals surface area (Å²) < 4.78 is 5.29. The number of carbonyl (C=O) groups is 2. The molecule has 0 atom stereocenters. The first-order valence-corrected chi connectivity index (χ1v) is 8.81. The number of amides is 1. The molecule has 0 saturated heterocycles. The van der Waals surface area contributed by atoms with Crippen molar-refractivity contribution in [2.75, 3.05) is 18.5 Å². The molecular weight excluding hydrogens is 356 g/mol. The van der Waals surface area contributed by atoms with E-state index < -0.39 is 5.97 Å². The molecule has 0 aliphatic carbocycles. The summed E-state index contributed by atoms with van der Waals surface area (Å²) >= 11 is 0. The lowest BCUT2D eigenvalue weighted by molar-refractivity contribution is 0.0504. The van der Waals surface area contributed by atoms with Gasteiger partial charge in [0.15, 0.2) is 0 Å². The van der Waals surface area contributed by atoms with Crippen LogP contribution in [0.2, 0.25) is 0 Å². The van der Waals surface area contributed by atoms with Crippen LogP contribution in [0, 0.1) is 0 Å². The molecular formula is C21H20N4O3. The molecule has 28 heavy (non-hydrogen) atoms. The average molecular weight is 376 g/mol. The largest absolute Gasteiger partial charge is 0.460 e. The Morgan fingerprint density at radius 2 is 1.75 bits per heavy atom. The van der Waals surface area contributed by atoms with Crippen LogP contribution in [0.3, 0.4) is 0 Å². The highest BCUT2D eigenvalue weighted by Crippen LogP contribution is 2.17. The summed E-state index contributed by atoms with van der Waals surface area (Å²) in [6, 6.07) is 14.2. The first-order chi connectivity index (χ1) is 13.7. The third kappa shape index (κ3) is 5.38. The topological polar surface area (TPSA) is 93.2 Å². The average Bonchev–Trinajstić information content (AvgIpc) is 2.76. The molecule has 0 fully saturated rings. The number of anilines is 1. The van der Waals surface area contributed by atoms with Crippen molar-refractivity contribution in [3.8, 4) is 0 Å². The van der Waals surface area contributed by atoms with Crippen molar-refractivity contribution >= 4 is 17.6 Å². The fourth-order valence-electron chi connectivity index (χ4n) is 2.51. The highest BCUT2D eigenvalue weighted by Gasteiger charge is 2.12. The van der Waals surface area contributed by atoms with Crippen LogP contribution in [0.4, 0.5) is 5.69 Å². The quantitative estimate of drug-likeness (QED) is 0.464. The van der Waals surface area contributed by atoms with Gasteiger partial charge < -0.3 is 15.4 Å². The van der Waals surface area contributed by atoms with Crippen molar-refractivity contribution in [1.29, 1.82) is 0 Å². The Hall–Kier alpha value is -3.74. The van der Waals surface area contributed by atoms with Gasteiger partial charge in [0.05, 0.1) is 12.1 Å². The standard InChI is InChI=1S/C21H20N4O3/c26-20(17-7-10-22-11-8-17)24-12-13-28-21(27)18-5-1-2-6-19(18)25-15-16-4-3-9-23-14-16/h1-11,14,25H,12-13,15H2,(H,24,26). The van der Waals surface area contributed by atoms with Gasteiger partial charge in [-0.25, -0.2) is 4.79 Å². The number of esters is 1. The van der Waals surface area contributed by atoms with Gasteiger partial charge in [0.1, 0.15) is 6.61 Å². The molecule has 0 radical (unpaired) electrons. The van der Waals surface area contributed by atoms with Gasteiger partial charge in [0.2, 0.25) is 0 Å². The molecule has 142 valence electrons. The minimum absolute atomic E-state index is 0.0760. The molecule has 0 saturated carbocycles. The van der Waals surface area contributed by atoms with Crippen LogP contribution in [-0.2, 0) is 11.3 Å². The van der Waals surface area contributed by atoms with Gasteiger partial charge in [-0.1, -0.05) is 18.2 Å². The summed E-state index contributed by atoms with van der Waals surface area (Å²) in [6.07, 6.45) is 6.57. The highest BCUT2D eigenvalue weighted by molar-refractivity contribution is 5.96. The number of aromatic nitrogens is 2. The Morgan fingerprint density at radius 1 is 0.929 bits per heavy atom. The van der Waals surface area contributed by atoms with E-state index in [2.05, 4.69) is 20.6 Å². The van der Waals surface area contributed by atoms with Gasteiger partial charge in [-0.05, 0) is 35.9 Å². The maximum atomic E-state index is 12.4. The SMILES string of the molecule is O=C(NCCOC(=O)c1ccccc1NCc1cccnc1)c1ccncc1. The van der Waals surface area contributed by atoms with Crippen LogP contribution in [0.1, 0.15) is 26.3 Å². The third-order valence-corrected chi connectivity index (χ3v) is 3.92. The Bertz CT molecular complexity index is 917. The number of benzene rings is 1. The first-order valence-electron chi connectivity index (χ1n) is 8.81. The van der Waals surface area contributed by atoms with E-state index in [4.69, 9.17) is 4.74 Å². The lowest BCUT2D eigenvalue weighted by atomic mass is 10.1. The molecule has 7 nitrogen and oxygen atoms in total. The number of rotatable bonds is 8. The number of carbonyl (C=O) groups excluding carboxylic acids is 2. The normalized spacial score (nSPS) is 10.1. The van der Waals surface area contributed by atoms with E-state index >= 15 is 0 Å². The van der Waals surface area contributed by atoms with E-state index in [-0.39, 0.29) is 19.1 Å². The Kier molecular flexibility index (Phi) is 6.67. The molecule has 0 spiro atoms. The molecule has 0 unspecified atom stereocenters. The number of nitrogens with zero attached hydrogens (tertiary/aromatic N) is 2. The van der Waals surface area contributed by atoms with E-state index in [1.54, 1.807) is 49.1 Å². The van der Waals surface area contributed by atoms with Crippen LogP contribution in [0.15, 0.2) is 73.3 Å². The second kappa shape index (κ2) is 9.82. The zero-order valence-electron chi connectivity index (χ0n) is 15.2. The second-order valence-corrected chi connectivity index (χ2v) is 5.89. The molecule has 0 bridgehead atoms. The predicted molar refractivity (Wildman–Crippen MR) is 105 cm³/mol. The van der Waals surface area contributed by atoms with Gasteiger partial charge in [0.25, 0.3) is 5.91 Å². The minimum atomic E-state index is -0.451. The van der Waals surface area contributed by atoms with Crippen molar-refractivity contribution in [1.82, 2.24) is 15.3 Å². The van der Waals surface area contributed by atoms with Crippen molar-refractivity contribution in [2.45, 2.75) is 6.54 Å². The number of para-hydroxylation sites is 1. The third-order valence-electron chi connectivity index (χ3n) is 3.92. The molecule has 1 amide bonds. The summed E-state index contributed by atoms with van der Waals surface area (Å²) in [4.78, 5) is 32.3. The van der Waals surface area contributed by atoms with Gasteiger partial charge in [-0.3, -0.25) is 14.8 Å². The fourth-order valence-corrected chi connectivity index (χ4v) is 2.51. The summed E-state index contributed by atoms with van der Waals surface area (Å²) in [7, 11) is 0. The number of nitrogens with one attached hydrogen (secondary N) is 2. The molecule has 2 heterocycles. The van der Waals surface area contributed by atoms with E-state index in [0.29, 0.717) is 23.4 Å². The van der Waals surface area contributed by atoms with Crippen LogP contribution in [0.25, 0.3) is 0 Å². The van der Waals surface area contributed by atoms with Crippen molar-refractivity contribution < 1.29 is 14.3 Å². The molecule has 2 N–H and O–H groups in total. The minimum Gasteiger partial charge on any atom is -0.460 e. The molecule has 2 aromatic heterocycles. The Morgan fingerprint density at radius 3 is 2.54 bits per heavy atom. The Labute approximate surface area is 162 Å². The van der Waals surface area contributed by atoms with Crippen molar-refractivity contribution in [3.05, 3.63) is 90.0 Å². The summed E-state index contributed by atoms with van der Waals surface area (Å²) in [5.74, 6) is -0.690. The van der Waals surface area contributed by atoms with E-state index in [0.717, 1.165) is 5.56 Å². The number of hydrogen-bond donors (Lipinski definition) is 2. The molecule has 7 heteroatoms. The van der Waals surface area contributed by atoms with Gasteiger partial charge in [0, 0.05) is 42.6 Å². The summed E-state index contributed by atoms with van der Waals surface area (Å²) in [5, 5.41) is 5.92. The second-order valence-electron chi connectivity index (χ2n) is 5.89. The molecule has 3 rings (SSSR count). The summed E-state index contributed by atoms with van der Waals surface area (Å²) in [6.45, 7) is 0.838. The van der Waals surface area contributed by atoms with Gasteiger partial charge in [-0.2, -0.15) is 0 Å². The maximum Gasteiger partial charge on any atom is 0.340 e. The van der Waals surface area contributed by atoms with Crippen molar-refractivity contribution in [2.24, 2.45) is 0 Å². The number of ether oxygens (including phenoxy) is 1. The molecule has 3 aromatic rings. The number of pyridine rings is 2. The van der Waals surface area contributed by atoms with Gasteiger partial charge >= 0.3 is 5.97 Å². The molecule has 0 aliphatic heterocycles. The lowest BCUT2D eigenvalue weighted by Gasteiger charge is -2.12. The lowest BCUT2D eigenvalue weighted by Crippen LogP contribution is -2.28. The van der Waals surface area contributed by atoms with Crippen LogP contribution in [0.5, 0.6) is 0 Å². The molecule has 1 aromatic carbocycles. The maximum absolute atomic E-state index is 12.4. The smallest absolute Gasteiger partial charge is 0.340 e. The van der Waals surface area contributed by atoms with Crippen LogP contribution in [-0.4, -0.2) is 35.0 Å². The van der Waals surface area contributed by atoms with Gasteiger partial charge in [-0.15, -0.1) is 0 Å². The van der Waals surface area contributed by atoms with Crippen LogP contribution < -0.4 is 10.6 Å².